The predicted molar refractivity (Wildman–Crippen MR) is 328 cm³/mol. The van der Waals surface area contributed by atoms with Gasteiger partial charge in [-0.15, -0.1) is 0 Å². The van der Waals surface area contributed by atoms with Crippen LogP contribution in [0.2, 0.25) is 0 Å². The Kier molecular flexibility index (Phi) is 48.8. The number of amides is 1. The van der Waals surface area contributed by atoms with Crippen molar-refractivity contribution in [3.05, 3.63) is 36.5 Å². The Morgan fingerprint density at radius 1 is 0.432 bits per heavy atom. The van der Waals surface area contributed by atoms with Gasteiger partial charge in [0.05, 0.1) is 32.0 Å². The van der Waals surface area contributed by atoms with Crippen LogP contribution < -0.4 is 5.32 Å². The molecule has 9 N–H and O–H groups in total. The van der Waals surface area contributed by atoms with E-state index in [-0.39, 0.29) is 18.9 Å². The lowest BCUT2D eigenvalue weighted by Gasteiger charge is -2.46. The average Bonchev–Trinajstić information content (AvgIpc) is 3.47. The smallest absolute Gasteiger partial charge is 0.220 e. The van der Waals surface area contributed by atoms with Crippen LogP contribution in [0.3, 0.4) is 0 Å². The molecule has 2 fully saturated rings. The number of hydrogen-bond donors (Lipinski definition) is 9. The van der Waals surface area contributed by atoms with Crippen LogP contribution in [0, 0.1) is 0 Å². The standard InChI is InChI=1S/C67H125NO13/c1-3-5-7-9-11-13-15-17-19-20-21-22-23-24-25-26-27-28-29-30-31-32-33-34-35-37-39-41-43-45-47-49-51-59(72)68-55(56(71)50-48-46-44-42-40-38-36-18-16-14-12-10-8-6-4-2)54-78-66-64(77)62(75)65(58(53-70)80-66)81-67-63(76)61(74)60(73)57(52-69)79-67/h16,18,40,42,48,50,55-58,60-67,69-71,73-77H,3-15,17,19-39,41,43-47,49,51-54H2,1-2H3,(H,68,72)/b18-16+,42-40+,50-48+. The first-order valence-corrected chi connectivity index (χ1v) is 33.7. The molecule has 14 heteroatoms. The van der Waals surface area contributed by atoms with Gasteiger partial charge >= 0.3 is 0 Å². The van der Waals surface area contributed by atoms with Gasteiger partial charge in [-0.1, -0.05) is 275 Å². The number of allylic oxidation sites excluding steroid dienone is 5. The summed E-state index contributed by atoms with van der Waals surface area (Å²) in [6.45, 7) is 2.79. The molecule has 0 aromatic heterocycles. The van der Waals surface area contributed by atoms with Gasteiger partial charge in [-0.05, 0) is 44.9 Å². The first-order valence-electron chi connectivity index (χ1n) is 33.7. The Morgan fingerprint density at radius 3 is 1.21 bits per heavy atom. The number of ether oxygens (including phenoxy) is 4. The highest BCUT2D eigenvalue weighted by Crippen LogP contribution is 2.30. The number of aliphatic hydroxyl groups is 8. The zero-order chi connectivity index (χ0) is 58.8. The SMILES string of the molecule is CCCCCCC/C=C/CC/C=C/CC/C=C/C(O)C(COC1OC(CO)C(OC2OC(CO)C(O)C(O)C2O)C(O)C1O)NC(=O)CCCCCCCCCCCCCCCCCCCCCCCCCCCCCCCCCC. The van der Waals surface area contributed by atoms with Crippen molar-refractivity contribution < 1.29 is 64.6 Å². The molecule has 12 atom stereocenters. The van der Waals surface area contributed by atoms with Crippen molar-refractivity contribution in [1.82, 2.24) is 5.32 Å². The third kappa shape index (κ3) is 37.4. The minimum atomic E-state index is -1.79. The molecule has 0 aromatic rings. The average molecular weight is 1150 g/mol. The monoisotopic (exact) mass is 1150 g/mol. The lowest BCUT2D eigenvalue weighted by molar-refractivity contribution is -0.359. The van der Waals surface area contributed by atoms with Crippen LogP contribution in [-0.4, -0.2) is 140 Å². The van der Waals surface area contributed by atoms with Crippen molar-refractivity contribution >= 4 is 5.91 Å². The molecule has 0 aromatic carbocycles. The first kappa shape index (κ1) is 75.3. The minimum absolute atomic E-state index is 0.249. The summed E-state index contributed by atoms with van der Waals surface area (Å²) < 4.78 is 22.8. The molecular weight excluding hydrogens is 1030 g/mol. The first-order chi connectivity index (χ1) is 39.6. The van der Waals surface area contributed by atoms with E-state index in [0.29, 0.717) is 12.8 Å². The van der Waals surface area contributed by atoms with Crippen LogP contribution in [-0.2, 0) is 23.7 Å². The van der Waals surface area contributed by atoms with E-state index >= 15 is 0 Å². The minimum Gasteiger partial charge on any atom is -0.394 e. The number of rotatable bonds is 55. The molecule has 2 heterocycles. The molecule has 2 aliphatic heterocycles. The quantitative estimate of drug-likeness (QED) is 0.0204. The summed E-state index contributed by atoms with van der Waals surface area (Å²) in [4.78, 5) is 13.3. The number of unbranched alkanes of at least 4 members (excludes halogenated alkanes) is 38. The second-order valence-electron chi connectivity index (χ2n) is 23.9. The van der Waals surface area contributed by atoms with Crippen molar-refractivity contribution in [3.8, 4) is 0 Å². The zero-order valence-corrected chi connectivity index (χ0v) is 51.5. The Bertz CT molecular complexity index is 1500. The van der Waals surface area contributed by atoms with Gasteiger partial charge in [0.2, 0.25) is 5.91 Å². The van der Waals surface area contributed by atoms with E-state index in [4.69, 9.17) is 18.9 Å². The highest BCUT2D eigenvalue weighted by Gasteiger charge is 2.51. The van der Waals surface area contributed by atoms with Crippen molar-refractivity contribution in [2.75, 3.05) is 19.8 Å². The number of aliphatic hydroxyl groups excluding tert-OH is 8. The van der Waals surface area contributed by atoms with E-state index in [0.717, 1.165) is 44.9 Å². The lowest BCUT2D eigenvalue weighted by atomic mass is 9.97. The maximum atomic E-state index is 13.3. The largest absolute Gasteiger partial charge is 0.394 e. The van der Waals surface area contributed by atoms with Crippen LogP contribution in [0.15, 0.2) is 36.5 Å². The van der Waals surface area contributed by atoms with Crippen molar-refractivity contribution in [2.24, 2.45) is 0 Å². The normalized spacial score (nSPS) is 24.3. The summed E-state index contributed by atoms with van der Waals surface area (Å²) in [5.41, 5.74) is 0. The third-order valence-corrected chi connectivity index (χ3v) is 16.6. The molecule has 1 amide bonds. The maximum absolute atomic E-state index is 13.3. The molecule has 14 nitrogen and oxygen atoms in total. The van der Waals surface area contributed by atoms with Crippen molar-refractivity contribution in [2.45, 2.75) is 364 Å². The molecule has 12 unspecified atom stereocenters. The van der Waals surface area contributed by atoms with Gasteiger partial charge in [-0.3, -0.25) is 4.79 Å². The molecular formula is C67H125NO13. The number of carbonyl (C=O) groups excluding carboxylic acids is 1. The molecule has 0 saturated carbocycles. The number of nitrogens with one attached hydrogen (secondary N) is 1. The topological polar surface area (TPSA) is 228 Å². The summed E-state index contributed by atoms with van der Waals surface area (Å²) in [6, 6.07) is -0.936. The number of hydrogen-bond acceptors (Lipinski definition) is 13. The van der Waals surface area contributed by atoms with Crippen LogP contribution in [0.4, 0.5) is 0 Å². The van der Waals surface area contributed by atoms with Gasteiger partial charge in [0.15, 0.2) is 12.6 Å². The van der Waals surface area contributed by atoms with Gasteiger partial charge in [0.1, 0.15) is 48.8 Å². The van der Waals surface area contributed by atoms with E-state index < -0.39 is 86.8 Å². The second kappa shape index (κ2) is 52.5. The molecule has 0 spiro atoms. The summed E-state index contributed by atoms with van der Waals surface area (Å²) in [6.07, 6.45) is 49.4. The third-order valence-electron chi connectivity index (χ3n) is 16.6. The van der Waals surface area contributed by atoms with Crippen molar-refractivity contribution in [3.63, 3.8) is 0 Å². The molecule has 81 heavy (non-hydrogen) atoms. The van der Waals surface area contributed by atoms with Gasteiger partial charge in [0, 0.05) is 6.42 Å². The molecule has 0 aliphatic carbocycles. The zero-order valence-electron chi connectivity index (χ0n) is 51.5. The van der Waals surface area contributed by atoms with E-state index in [1.165, 1.54) is 212 Å². The van der Waals surface area contributed by atoms with Gasteiger partial charge in [-0.25, -0.2) is 0 Å². The van der Waals surface area contributed by atoms with Crippen LogP contribution in [0.25, 0.3) is 0 Å². The summed E-state index contributed by atoms with van der Waals surface area (Å²) in [7, 11) is 0. The molecule has 2 saturated heterocycles. The fourth-order valence-electron chi connectivity index (χ4n) is 11.2. The van der Waals surface area contributed by atoms with Gasteiger partial charge in [-0.2, -0.15) is 0 Å². The summed E-state index contributed by atoms with van der Waals surface area (Å²) >= 11 is 0. The fourth-order valence-corrected chi connectivity index (χ4v) is 11.2. The van der Waals surface area contributed by atoms with Gasteiger partial charge < -0.3 is 65.1 Å². The van der Waals surface area contributed by atoms with Crippen molar-refractivity contribution in [1.29, 1.82) is 0 Å². The van der Waals surface area contributed by atoms with Crippen LogP contribution in [0.5, 0.6) is 0 Å². The Balaban J connectivity index is 1.64. The summed E-state index contributed by atoms with van der Waals surface area (Å²) in [5, 5.41) is 87.1. The number of carbonyl (C=O) groups is 1. The Hall–Kier alpha value is -1.79. The molecule has 2 aliphatic rings. The molecule has 0 radical (unpaired) electrons. The van der Waals surface area contributed by atoms with E-state index in [2.05, 4.69) is 43.5 Å². The molecule has 476 valence electrons. The fraction of sp³-hybridized carbons (Fsp3) is 0.896. The maximum Gasteiger partial charge on any atom is 0.220 e. The predicted octanol–water partition coefficient (Wildman–Crippen LogP) is 13.0. The molecule has 2 rings (SSSR count). The highest BCUT2D eigenvalue weighted by atomic mass is 16.7. The Morgan fingerprint density at radius 2 is 0.790 bits per heavy atom. The second-order valence-corrected chi connectivity index (χ2v) is 23.9. The van der Waals surface area contributed by atoms with E-state index in [1.54, 1.807) is 6.08 Å². The van der Waals surface area contributed by atoms with Gasteiger partial charge in [0.25, 0.3) is 0 Å². The lowest BCUT2D eigenvalue weighted by Crippen LogP contribution is -2.65. The van der Waals surface area contributed by atoms with Crippen LogP contribution in [0.1, 0.15) is 290 Å². The van der Waals surface area contributed by atoms with E-state index in [1.807, 2.05) is 6.08 Å². The highest BCUT2D eigenvalue weighted by molar-refractivity contribution is 5.76. The van der Waals surface area contributed by atoms with E-state index in [9.17, 15) is 45.6 Å². The molecule has 0 bridgehead atoms. The van der Waals surface area contributed by atoms with Crippen LogP contribution >= 0.6 is 0 Å². The summed E-state index contributed by atoms with van der Waals surface area (Å²) in [5.74, 6) is -0.249. The Labute approximate surface area is 493 Å².